The van der Waals surface area contributed by atoms with Crippen molar-refractivity contribution in [2.75, 3.05) is 14.2 Å². The molecular weight excluding hydrogens is 552 g/mol. The van der Waals surface area contributed by atoms with Gasteiger partial charge in [0, 0.05) is 52.5 Å². The first-order valence-corrected chi connectivity index (χ1v) is 14.9. The summed E-state index contributed by atoms with van der Waals surface area (Å²) in [5, 5.41) is 1.87. The molecule has 5 rings (SSSR count). The number of ether oxygens (including phenoxy) is 2. The van der Waals surface area contributed by atoms with Crippen molar-refractivity contribution in [2.45, 2.75) is 65.8 Å². The molecule has 2 aromatic rings. The number of methoxy groups -OCH3 is 2. The third-order valence-electron chi connectivity index (χ3n) is 9.02. The van der Waals surface area contributed by atoms with Crippen LogP contribution in [0, 0.1) is 13.8 Å². The maximum absolute atomic E-state index is 12.2. The molecule has 0 fully saturated rings. The first kappa shape index (κ1) is 30.7. The van der Waals surface area contributed by atoms with Crippen molar-refractivity contribution in [1.82, 2.24) is 9.97 Å². The van der Waals surface area contributed by atoms with E-state index in [1.807, 2.05) is 12.2 Å². The number of hydrogen-bond donors (Lipinski definition) is 2. The highest BCUT2D eigenvalue weighted by atomic mass is 16.5. The molecule has 8 nitrogen and oxygen atoms in total. The fourth-order valence-corrected chi connectivity index (χ4v) is 6.36. The number of aromatic nitrogens is 2. The zero-order valence-corrected chi connectivity index (χ0v) is 26.4. The molecule has 0 aromatic carbocycles. The average molecular weight is 593 g/mol. The van der Waals surface area contributed by atoms with Crippen LogP contribution in [0.2, 0.25) is 0 Å². The highest BCUT2D eigenvalue weighted by Crippen LogP contribution is 2.34. The van der Waals surface area contributed by atoms with Crippen LogP contribution in [0.1, 0.15) is 66.8 Å². The van der Waals surface area contributed by atoms with E-state index < -0.39 is 0 Å². The van der Waals surface area contributed by atoms with Crippen molar-refractivity contribution in [3.63, 3.8) is 0 Å². The Balaban J connectivity index is 1.76. The Morgan fingerprint density at radius 3 is 2.23 bits per heavy atom. The molecular formula is C36H40N4O4. The van der Waals surface area contributed by atoms with Gasteiger partial charge in [-0.05, 0) is 92.2 Å². The van der Waals surface area contributed by atoms with Gasteiger partial charge in [0.2, 0.25) is 0 Å². The Kier molecular flexibility index (Phi) is 8.72. The first-order valence-electron chi connectivity index (χ1n) is 14.9. The van der Waals surface area contributed by atoms with Gasteiger partial charge in [-0.2, -0.15) is 0 Å². The third kappa shape index (κ3) is 5.64. The smallest absolute Gasteiger partial charge is 0.305 e. The van der Waals surface area contributed by atoms with E-state index in [0.717, 1.165) is 83.8 Å². The molecule has 2 aromatic heterocycles. The maximum Gasteiger partial charge on any atom is 0.305 e. The summed E-state index contributed by atoms with van der Waals surface area (Å²) < 4.78 is 9.92. The summed E-state index contributed by atoms with van der Waals surface area (Å²) in [4.78, 5) is 41.8. The topological polar surface area (TPSA) is 109 Å². The summed E-state index contributed by atoms with van der Waals surface area (Å²) in [7, 11) is 2.82. The molecule has 8 bridgehead atoms. The lowest BCUT2D eigenvalue weighted by Crippen LogP contribution is -2.15. The lowest BCUT2D eigenvalue weighted by atomic mass is 9.93. The second-order valence-electron chi connectivity index (χ2n) is 11.4. The minimum Gasteiger partial charge on any atom is -0.469 e. The number of H-pyrrole nitrogens is 2. The molecule has 1 unspecified atom stereocenters. The number of hydrogen-bond acceptors (Lipinski definition) is 6. The Morgan fingerprint density at radius 1 is 0.886 bits per heavy atom. The number of allylic oxidation sites excluding steroid dienone is 3. The van der Waals surface area contributed by atoms with Gasteiger partial charge < -0.3 is 19.4 Å². The number of rotatable bonds is 8. The van der Waals surface area contributed by atoms with Gasteiger partial charge in [0.05, 0.1) is 37.4 Å². The Morgan fingerprint density at radius 2 is 1.57 bits per heavy atom. The quantitative estimate of drug-likeness (QED) is 0.425. The molecule has 0 amide bonds. The molecule has 0 saturated carbocycles. The predicted molar refractivity (Wildman–Crippen MR) is 177 cm³/mol. The SMILES string of the molecule is C=CC1=C(C)C2=NC/1=C\c1[nH]c(c(CCC(=O)OC)c1C)CC1N=C(/C=c3\[nH]/c(c(C=C)c3C)=C\2)C(C)=C1CCC(=O)OC. The lowest BCUT2D eigenvalue weighted by molar-refractivity contribution is -0.141. The minimum atomic E-state index is -0.257. The molecule has 8 heteroatoms. The zero-order chi connectivity index (χ0) is 31.7. The summed E-state index contributed by atoms with van der Waals surface area (Å²) in [6.07, 6.45) is 12.1. The molecule has 0 saturated heterocycles. The number of aliphatic imine (C=N–C) groups is 2. The zero-order valence-electron chi connectivity index (χ0n) is 26.4. The molecule has 0 aliphatic carbocycles. The molecule has 2 N–H and O–H groups in total. The molecule has 3 aliphatic heterocycles. The van der Waals surface area contributed by atoms with Crippen molar-refractivity contribution in [2.24, 2.45) is 9.98 Å². The monoisotopic (exact) mass is 592 g/mol. The van der Waals surface area contributed by atoms with E-state index >= 15 is 0 Å². The van der Waals surface area contributed by atoms with Gasteiger partial charge in [0.25, 0.3) is 0 Å². The van der Waals surface area contributed by atoms with Crippen LogP contribution in [-0.4, -0.2) is 53.6 Å². The van der Waals surface area contributed by atoms with E-state index in [2.05, 4.69) is 69.0 Å². The van der Waals surface area contributed by atoms with Gasteiger partial charge in [-0.25, -0.2) is 4.99 Å². The summed E-state index contributed by atoms with van der Waals surface area (Å²) in [5.41, 5.74) is 12.8. The highest BCUT2D eigenvalue weighted by Gasteiger charge is 2.28. The van der Waals surface area contributed by atoms with Crippen molar-refractivity contribution in [1.29, 1.82) is 0 Å². The van der Waals surface area contributed by atoms with Gasteiger partial charge >= 0.3 is 11.9 Å². The minimum absolute atomic E-state index is 0.184. The standard InChI is InChI=1S/C36H40N4O4/c1-9-23-19(3)27-15-28-21(5)25(11-13-35(41)43-7)33(39-28)18-34-26(12-14-36(42)44-8)22(6)30(40-34)17-32-24(10-2)20(4)29(38-32)16-31(23)37-27/h9-10,15-17,33,37,40H,1-2,11-14,18H2,3-8H3/b27-15-,31-16-,32-17-. The predicted octanol–water partition coefficient (Wildman–Crippen LogP) is 4.92. The average Bonchev–Trinajstić information content (AvgIpc) is 3.67. The summed E-state index contributed by atoms with van der Waals surface area (Å²) in [6, 6.07) is -0.184. The van der Waals surface area contributed by atoms with Gasteiger partial charge in [-0.15, -0.1) is 0 Å². The van der Waals surface area contributed by atoms with Crippen molar-refractivity contribution >= 4 is 47.7 Å². The van der Waals surface area contributed by atoms with E-state index in [4.69, 9.17) is 19.5 Å². The second-order valence-corrected chi connectivity index (χ2v) is 11.4. The Hall–Kier alpha value is -4.72. The van der Waals surface area contributed by atoms with E-state index in [9.17, 15) is 9.59 Å². The van der Waals surface area contributed by atoms with Gasteiger partial charge in [-0.1, -0.05) is 25.3 Å². The van der Waals surface area contributed by atoms with Crippen LogP contribution in [0.5, 0.6) is 0 Å². The molecule has 228 valence electrons. The third-order valence-corrected chi connectivity index (χ3v) is 9.02. The molecule has 3 aliphatic rings. The first-order chi connectivity index (χ1) is 21.1. The van der Waals surface area contributed by atoms with Crippen molar-refractivity contribution < 1.29 is 19.1 Å². The molecule has 0 spiro atoms. The number of fused-ring (bicyclic) bond motifs is 6. The number of carbonyl (C=O) groups is 2. The van der Waals surface area contributed by atoms with Crippen molar-refractivity contribution in [3.05, 3.63) is 91.6 Å². The van der Waals surface area contributed by atoms with Crippen LogP contribution < -0.4 is 10.7 Å². The number of nitrogens with zero attached hydrogens (tertiary/aromatic N) is 2. The van der Waals surface area contributed by atoms with Crippen LogP contribution in [0.4, 0.5) is 0 Å². The number of esters is 2. The summed E-state index contributed by atoms with van der Waals surface area (Å²) in [6.45, 7) is 16.4. The van der Waals surface area contributed by atoms with Gasteiger partial charge in [0.1, 0.15) is 0 Å². The Labute approximate surface area is 258 Å². The number of carbonyl (C=O) groups excluding carboxylic acids is 2. The normalized spacial score (nSPS) is 20.1. The molecule has 1 atom stereocenters. The van der Waals surface area contributed by atoms with Crippen LogP contribution in [0.15, 0.2) is 57.2 Å². The van der Waals surface area contributed by atoms with Gasteiger partial charge in [-0.3, -0.25) is 14.6 Å². The van der Waals surface area contributed by atoms with Gasteiger partial charge in [0.15, 0.2) is 0 Å². The highest BCUT2D eigenvalue weighted by molar-refractivity contribution is 6.24. The number of nitrogens with one attached hydrogen (secondary N) is 2. The van der Waals surface area contributed by atoms with Crippen LogP contribution in [0.25, 0.3) is 24.3 Å². The lowest BCUT2D eigenvalue weighted by Gasteiger charge is -2.14. The summed E-state index contributed by atoms with van der Waals surface area (Å²) >= 11 is 0. The second kappa shape index (κ2) is 12.5. The fraction of sp³-hybridized carbons (Fsp3) is 0.333. The van der Waals surface area contributed by atoms with Crippen LogP contribution in [0.3, 0.4) is 0 Å². The largest absolute Gasteiger partial charge is 0.469 e. The fourth-order valence-electron chi connectivity index (χ4n) is 6.36. The van der Waals surface area contributed by atoms with Crippen LogP contribution in [-0.2, 0) is 31.9 Å². The number of aromatic amines is 2. The van der Waals surface area contributed by atoms with Crippen molar-refractivity contribution in [3.8, 4) is 0 Å². The van der Waals surface area contributed by atoms with E-state index in [-0.39, 0.29) is 30.8 Å². The van der Waals surface area contributed by atoms with E-state index in [1.54, 1.807) is 0 Å². The van der Waals surface area contributed by atoms with Crippen LogP contribution >= 0.6 is 0 Å². The Bertz CT molecular complexity index is 1870. The molecule has 44 heavy (non-hydrogen) atoms. The van der Waals surface area contributed by atoms with E-state index in [1.165, 1.54) is 14.2 Å². The molecule has 0 radical (unpaired) electrons. The van der Waals surface area contributed by atoms with E-state index in [0.29, 0.717) is 19.3 Å². The summed E-state index contributed by atoms with van der Waals surface area (Å²) in [5.74, 6) is -0.510. The molecule has 5 heterocycles. The maximum atomic E-state index is 12.2.